The summed E-state index contributed by atoms with van der Waals surface area (Å²) < 4.78 is 5.92. The number of hydrogen-bond donors (Lipinski definition) is 2. The molecule has 0 aromatic heterocycles. The molecular weight excluding hydrogens is 216 g/mol. The Kier molecular flexibility index (Phi) is 1.94. The van der Waals surface area contributed by atoms with Gasteiger partial charge in [-0.15, -0.1) is 0 Å². The van der Waals surface area contributed by atoms with Gasteiger partial charge in [0.05, 0.1) is 6.04 Å². The summed E-state index contributed by atoms with van der Waals surface area (Å²) in [6, 6.07) is 4.05. The van der Waals surface area contributed by atoms with Gasteiger partial charge in [0.1, 0.15) is 5.75 Å². The molecule has 3 rings (SSSR count). The van der Waals surface area contributed by atoms with Crippen LogP contribution in [0.4, 0.5) is 4.79 Å². The second-order valence-electron chi connectivity index (χ2n) is 5.16. The monoisotopic (exact) mass is 232 g/mol. The van der Waals surface area contributed by atoms with E-state index in [1.54, 1.807) is 0 Å². The Morgan fingerprint density at radius 1 is 1.35 bits per heavy atom. The third-order valence-corrected chi connectivity index (χ3v) is 3.61. The van der Waals surface area contributed by atoms with E-state index >= 15 is 0 Å². The van der Waals surface area contributed by atoms with Crippen LogP contribution in [0.3, 0.4) is 0 Å². The zero-order valence-electron chi connectivity index (χ0n) is 10.3. The topological polar surface area (TPSA) is 50.4 Å². The molecule has 2 bridgehead atoms. The SMILES string of the molecule is Cc1cc2c(cc1C)C1CC(C)(NC(=O)N1)O2. The lowest BCUT2D eigenvalue weighted by Gasteiger charge is -2.44. The average molecular weight is 232 g/mol. The number of fused-ring (bicyclic) bond motifs is 4. The number of urea groups is 1. The van der Waals surface area contributed by atoms with Crippen LogP contribution >= 0.6 is 0 Å². The van der Waals surface area contributed by atoms with E-state index in [4.69, 9.17) is 4.74 Å². The molecule has 1 saturated heterocycles. The maximum absolute atomic E-state index is 11.5. The number of rotatable bonds is 0. The summed E-state index contributed by atoms with van der Waals surface area (Å²) in [6.07, 6.45) is 0.758. The highest BCUT2D eigenvalue weighted by Gasteiger charge is 2.43. The lowest BCUT2D eigenvalue weighted by Crippen LogP contribution is -2.62. The quantitative estimate of drug-likeness (QED) is 0.720. The van der Waals surface area contributed by atoms with Crippen LogP contribution in [0.1, 0.15) is 36.1 Å². The molecule has 0 spiro atoms. The molecular formula is C13H16N2O2. The third kappa shape index (κ3) is 1.55. The molecule has 0 saturated carbocycles. The number of nitrogens with one attached hydrogen (secondary N) is 2. The van der Waals surface area contributed by atoms with Gasteiger partial charge >= 0.3 is 6.03 Å². The first-order valence-corrected chi connectivity index (χ1v) is 5.86. The fourth-order valence-electron chi connectivity index (χ4n) is 2.60. The Morgan fingerprint density at radius 2 is 2.06 bits per heavy atom. The predicted molar refractivity (Wildman–Crippen MR) is 64.0 cm³/mol. The Labute approximate surface area is 100 Å². The molecule has 2 heterocycles. The Morgan fingerprint density at radius 3 is 2.82 bits per heavy atom. The Balaban J connectivity index is 2.13. The smallest absolute Gasteiger partial charge is 0.318 e. The Bertz CT molecular complexity index is 512. The number of amides is 2. The maximum atomic E-state index is 11.5. The summed E-state index contributed by atoms with van der Waals surface area (Å²) in [6.45, 7) is 6.06. The standard InChI is InChI=1S/C13H16N2O2/c1-7-4-9-10-6-13(3,15-12(16)14-10)17-11(9)5-8(7)2/h4-5,10H,6H2,1-3H3,(H2,14,15,16). The fraction of sp³-hybridized carbons (Fsp3) is 0.462. The molecule has 2 aliphatic rings. The van der Waals surface area contributed by atoms with Crippen molar-refractivity contribution in [2.75, 3.05) is 0 Å². The minimum absolute atomic E-state index is 0.0526. The van der Waals surface area contributed by atoms with E-state index in [1.807, 2.05) is 13.0 Å². The molecule has 1 aromatic rings. The first kappa shape index (κ1) is 10.4. The first-order chi connectivity index (χ1) is 7.97. The van der Waals surface area contributed by atoms with E-state index in [-0.39, 0.29) is 12.1 Å². The zero-order chi connectivity index (χ0) is 12.2. The van der Waals surface area contributed by atoms with Crippen LogP contribution < -0.4 is 15.4 Å². The van der Waals surface area contributed by atoms with Gasteiger partial charge in [0.2, 0.25) is 0 Å². The number of carbonyl (C=O) groups is 1. The van der Waals surface area contributed by atoms with Crippen molar-refractivity contribution in [3.63, 3.8) is 0 Å². The summed E-state index contributed by atoms with van der Waals surface area (Å²) in [7, 11) is 0. The molecule has 2 unspecified atom stereocenters. The van der Waals surface area contributed by atoms with Crippen molar-refractivity contribution >= 4 is 6.03 Å². The molecule has 4 heteroatoms. The van der Waals surface area contributed by atoms with Crippen LogP contribution in [0.25, 0.3) is 0 Å². The average Bonchev–Trinajstić information content (AvgIpc) is 2.19. The van der Waals surface area contributed by atoms with Gasteiger partial charge < -0.3 is 15.4 Å². The van der Waals surface area contributed by atoms with Crippen molar-refractivity contribution < 1.29 is 9.53 Å². The van der Waals surface area contributed by atoms with Crippen LogP contribution in [-0.4, -0.2) is 11.8 Å². The highest BCUT2D eigenvalue weighted by Crippen LogP contribution is 2.41. The van der Waals surface area contributed by atoms with Gasteiger partial charge in [0.15, 0.2) is 5.72 Å². The molecule has 4 nitrogen and oxygen atoms in total. The maximum Gasteiger partial charge on any atom is 0.318 e. The number of ether oxygens (including phenoxy) is 1. The van der Waals surface area contributed by atoms with Crippen molar-refractivity contribution in [2.45, 2.75) is 39.0 Å². The molecule has 1 fully saturated rings. The van der Waals surface area contributed by atoms with Crippen LogP contribution in [0.5, 0.6) is 5.75 Å². The largest absolute Gasteiger partial charge is 0.468 e. The van der Waals surface area contributed by atoms with Crippen LogP contribution in [0.15, 0.2) is 12.1 Å². The lowest BCUT2D eigenvalue weighted by atomic mass is 9.90. The number of aryl methyl sites for hydroxylation is 2. The van der Waals surface area contributed by atoms with E-state index < -0.39 is 5.72 Å². The second-order valence-corrected chi connectivity index (χ2v) is 5.16. The number of carbonyl (C=O) groups excluding carboxylic acids is 1. The van der Waals surface area contributed by atoms with Gasteiger partial charge in [0.25, 0.3) is 0 Å². The van der Waals surface area contributed by atoms with Crippen LogP contribution in [0, 0.1) is 13.8 Å². The minimum atomic E-state index is -0.582. The summed E-state index contributed by atoms with van der Waals surface area (Å²) in [4.78, 5) is 11.5. The second kappa shape index (κ2) is 3.15. The summed E-state index contributed by atoms with van der Waals surface area (Å²) in [5, 5.41) is 5.77. The van der Waals surface area contributed by atoms with Crippen LogP contribution in [-0.2, 0) is 0 Å². The summed E-state index contributed by atoms with van der Waals surface area (Å²) >= 11 is 0. The molecule has 2 amide bonds. The minimum Gasteiger partial charge on any atom is -0.468 e. The van der Waals surface area contributed by atoms with E-state index in [0.29, 0.717) is 0 Å². The zero-order valence-corrected chi connectivity index (χ0v) is 10.3. The molecule has 2 atom stereocenters. The molecule has 17 heavy (non-hydrogen) atoms. The summed E-state index contributed by atoms with van der Waals surface area (Å²) in [5.41, 5.74) is 2.93. The highest BCUT2D eigenvalue weighted by atomic mass is 16.5. The molecule has 2 aliphatic heterocycles. The molecule has 1 aromatic carbocycles. The van der Waals surface area contributed by atoms with Crippen LogP contribution in [0.2, 0.25) is 0 Å². The van der Waals surface area contributed by atoms with Gasteiger partial charge in [-0.1, -0.05) is 6.07 Å². The van der Waals surface area contributed by atoms with E-state index in [9.17, 15) is 4.79 Å². The first-order valence-electron chi connectivity index (χ1n) is 5.86. The van der Waals surface area contributed by atoms with Crippen molar-refractivity contribution in [3.8, 4) is 5.75 Å². The number of hydrogen-bond acceptors (Lipinski definition) is 2. The highest BCUT2D eigenvalue weighted by molar-refractivity contribution is 5.77. The molecule has 2 N–H and O–H groups in total. The van der Waals surface area contributed by atoms with Gasteiger partial charge in [-0.05, 0) is 38.0 Å². The molecule has 0 radical (unpaired) electrons. The van der Waals surface area contributed by atoms with Gasteiger partial charge in [0, 0.05) is 12.0 Å². The van der Waals surface area contributed by atoms with Crippen molar-refractivity contribution in [1.29, 1.82) is 0 Å². The summed E-state index contributed by atoms with van der Waals surface area (Å²) in [5.74, 6) is 0.874. The van der Waals surface area contributed by atoms with Crippen molar-refractivity contribution in [1.82, 2.24) is 10.6 Å². The normalized spacial score (nSPS) is 29.8. The third-order valence-electron chi connectivity index (χ3n) is 3.61. The van der Waals surface area contributed by atoms with Gasteiger partial charge in [-0.25, -0.2) is 4.79 Å². The fourth-order valence-corrected chi connectivity index (χ4v) is 2.60. The van der Waals surface area contributed by atoms with E-state index in [2.05, 4.69) is 30.5 Å². The molecule has 90 valence electrons. The van der Waals surface area contributed by atoms with Gasteiger partial charge in [-0.3, -0.25) is 0 Å². The van der Waals surface area contributed by atoms with E-state index in [0.717, 1.165) is 17.7 Å². The van der Waals surface area contributed by atoms with Crippen molar-refractivity contribution in [3.05, 3.63) is 28.8 Å². The predicted octanol–water partition coefficient (Wildman–Crippen LogP) is 2.16. The number of benzene rings is 1. The van der Waals surface area contributed by atoms with Crippen molar-refractivity contribution in [2.24, 2.45) is 0 Å². The lowest BCUT2D eigenvalue weighted by molar-refractivity contribution is 0.0118. The van der Waals surface area contributed by atoms with Gasteiger partial charge in [-0.2, -0.15) is 0 Å². The Hall–Kier alpha value is -1.71. The molecule has 0 aliphatic carbocycles. The van der Waals surface area contributed by atoms with E-state index in [1.165, 1.54) is 11.1 Å².